The fourth-order valence-electron chi connectivity index (χ4n) is 1.71. The van der Waals surface area contributed by atoms with Crippen LogP contribution in [0.2, 0.25) is 0 Å². The summed E-state index contributed by atoms with van der Waals surface area (Å²) < 4.78 is 5.02. The summed E-state index contributed by atoms with van der Waals surface area (Å²) in [6, 6.07) is 9.10. The number of ether oxygens (including phenoxy) is 1. The average Bonchev–Trinajstić information content (AvgIpc) is 2.92. The summed E-state index contributed by atoms with van der Waals surface area (Å²) in [5.41, 5.74) is 2.51. The summed E-state index contributed by atoms with van der Waals surface area (Å²) in [6.07, 6.45) is 0. The summed E-state index contributed by atoms with van der Waals surface area (Å²) in [6.45, 7) is 3.57. The SMILES string of the molecule is Cc1ccc(C)c(C(=O)COC(=O)c2cccs2)c1. The van der Waals surface area contributed by atoms with Crippen molar-refractivity contribution in [2.75, 3.05) is 6.61 Å². The number of Topliss-reactive ketones (excluding diaryl/α,β-unsaturated/α-hetero) is 1. The normalized spacial score (nSPS) is 10.2. The molecule has 0 unspecified atom stereocenters. The second kappa shape index (κ2) is 5.80. The van der Waals surface area contributed by atoms with Gasteiger partial charge in [-0.2, -0.15) is 0 Å². The minimum absolute atomic E-state index is 0.175. The van der Waals surface area contributed by atoms with E-state index in [1.165, 1.54) is 11.3 Å². The zero-order chi connectivity index (χ0) is 13.8. The molecule has 4 heteroatoms. The molecule has 2 aromatic rings. The topological polar surface area (TPSA) is 43.4 Å². The fourth-order valence-corrected chi connectivity index (χ4v) is 2.33. The number of hydrogen-bond donors (Lipinski definition) is 0. The van der Waals surface area contributed by atoms with Gasteiger partial charge in [0.25, 0.3) is 0 Å². The van der Waals surface area contributed by atoms with E-state index in [2.05, 4.69) is 0 Å². The predicted octanol–water partition coefficient (Wildman–Crippen LogP) is 3.40. The van der Waals surface area contributed by atoms with Gasteiger partial charge in [0, 0.05) is 5.56 Å². The summed E-state index contributed by atoms with van der Waals surface area (Å²) >= 11 is 1.30. The van der Waals surface area contributed by atoms with Gasteiger partial charge in [0.05, 0.1) is 0 Å². The number of ketones is 1. The average molecular weight is 274 g/mol. The first-order valence-corrected chi connectivity index (χ1v) is 6.77. The molecule has 0 fully saturated rings. The number of hydrogen-bond acceptors (Lipinski definition) is 4. The van der Waals surface area contributed by atoms with Crippen LogP contribution in [0.15, 0.2) is 35.7 Å². The van der Waals surface area contributed by atoms with Crippen LogP contribution in [0.4, 0.5) is 0 Å². The summed E-state index contributed by atoms with van der Waals surface area (Å²) in [5, 5.41) is 1.79. The minimum Gasteiger partial charge on any atom is -0.453 e. The Hall–Kier alpha value is -1.94. The first-order valence-electron chi connectivity index (χ1n) is 5.89. The monoisotopic (exact) mass is 274 g/mol. The molecule has 0 aliphatic carbocycles. The molecule has 98 valence electrons. The highest BCUT2D eigenvalue weighted by Crippen LogP contribution is 2.13. The van der Waals surface area contributed by atoms with E-state index in [1.807, 2.05) is 32.0 Å². The number of benzene rings is 1. The van der Waals surface area contributed by atoms with Crippen molar-refractivity contribution >= 4 is 23.1 Å². The predicted molar refractivity (Wildman–Crippen MR) is 74.8 cm³/mol. The maximum absolute atomic E-state index is 12.0. The van der Waals surface area contributed by atoms with Crippen molar-refractivity contribution < 1.29 is 14.3 Å². The van der Waals surface area contributed by atoms with Crippen molar-refractivity contribution in [1.29, 1.82) is 0 Å². The van der Waals surface area contributed by atoms with Gasteiger partial charge in [-0.3, -0.25) is 4.79 Å². The quantitative estimate of drug-likeness (QED) is 0.634. The van der Waals surface area contributed by atoms with Gasteiger partial charge in [-0.25, -0.2) is 4.79 Å². The molecule has 0 aliphatic rings. The van der Waals surface area contributed by atoms with E-state index in [1.54, 1.807) is 17.5 Å². The maximum Gasteiger partial charge on any atom is 0.348 e. The van der Waals surface area contributed by atoms with Crippen molar-refractivity contribution in [1.82, 2.24) is 0 Å². The smallest absolute Gasteiger partial charge is 0.348 e. The highest BCUT2D eigenvalue weighted by molar-refractivity contribution is 7.11. The van der Waals surface area contributed by atoms with Crippen LogP contribution in [0, 0.1) is 13.8 Å². The Kier molecular flexibility index (Phi) is 4.12. The Morgan fingerprint density at radius 3 is 2.68 bits per heavy atom. The standard InChI is InChI=1S/C15H14O3S/c1-10-5-6-11(2)12(8-10)13(16)9-18-15(17)14-4-3-7-19-14/h3-8H,9H2,1-2H3. The van der Waals surface area contributed by atoms with Crippen molar-refractivity contribution in [2.45, 2.75) is 13.8 Å². The van der Waals surface area contributed by atoms with E-state index in [4.69, 9.17) is 4.74 Å². The Morgan fingerprint density at radius 1 is 1.21 bits per heavy atom. The van der Waals surface area contributed by atoms with Gasteiger partial charge in [-0.15, -0.1) is 11.3 Å². The van der Waals surface area contributed by atoms with E-state index >= 15 is 0 Å². The highest BCUT2D eigenvalue weighted by Gasteiger charge is 2.14. The maximum atomic E-state index is 12.0. The largest absolute Gasteiger partial charge is 0.453 e. The highest BCUT2D eigenvalue weighted by atomic mass is 32.1. The molecule has 19 heavy (non-hydrogen) atoms. The molecule has 0 saturated heterocycles. The van der Waals surface area contributed by atoms with Gasteiger partial charge in [0.2, 0.25) is 5.78 Å². The number of esters is 1. The first kappa shape index (κ1) is 13.5. The van der Waals surface area contributed by atoms with E-state index in [9.17, 15) is 9.59 Å². The van der Waals surface area contributed by atoms with Crippen molar-refractivity contribution in [3.63, 3.8) is 0 Å². The lowest BCUT2D eigenvalue weighted by Crippen LogP contribution is -2.14. The van der Waals surface area contributed by atoms with Crippen molar-refractivity contribution in [3.05, 3.63) is 57.3 Å². The Bertz CT molecular complexity index is 600. The van der Waals surface area contributed by atoms with Gasteiger partial charge in [-0.1, -0.05) is 23.8 Å². The molecule has 0 bridgehead atoms. The molecule has 0 saturated carbocycles. The number of aryl methyl sites for hydroxylation is 2. The molecule has 0 N–H and O–H groups in total. The lowest BCUT2D eigenvalue weighted by molar-refractivity contribution is 0.0479. The third-order valence-electron chi connectivity index (χ3n) is 2.75. The number of carbonyl (C=O) groups excluding carboxylic acids is 2. The van der Waals surface area contributed by atoms with Crippen LogP contribution in [0.1, 0.15) is 31.2 Å². The van der Waals surface area contributed by atoms with Crippen LogP contribution < -0.4 is 0 Å². The zero-order valence-electron chi connectivity index (χ0n) is 10.8. The summed E-state index contributed by atoms with van der Waals surface area (Å²) in [7, 11) is 0. The third kappa shape index (κ3) is 3.29. The molecule has 0 radical (unpaired) electrons. The van der Waals surface area contributed by atoms with Gasteiger partial charge in [0.1, 0.15) is 4.88 Å². The summed E-state index contributed by atoms with van der Waals surface area (Å²) in [4.78, 5) is 24.2. The number of carbonyl (C=O) groups is 2. The molecule has 0 amide bonds. The molecule has 0 atom stereocenters. The van der Waals surface area contributed by atoms with Crippen LogP contribution in [-0.4, -0.2) is 18.4 Å². The molecule has 1 heterocycles. The van der Waals surface area contributed by atoms with Crippen LogP contribution in [0.3, 0.4) is 0 Å². The molecule has 1 aromatic carbocycles. The second-order valence-electron chi connectivity index (χ2n) is 4.29. The van der Waals surface area contributed by atoms with Gasteiger partial charge in [-0.05, 0) is 36.9 Å². The molecular weight excluding hydrogens is 260 g/mol. The summed E-state index contributed by atoms with van der Waals surface area (Å²) in [5.74, 6) is -0.625. The van der Waals surface area contributed by atoms with Gasteiger partial charge in [0.15, 0.2) is 6.61 Å². The minimum atomic E-state index is -0.450. The Morgan fingerprint density at radius 2 is 2.00 bits per heavy atom. The van der Waals surface area contributed by atoms with Gasteiger partial charge < -0.3 is 4.74 Å². The van der Waals surface area contributed by atoms with Crippen LogP contribution in [0.5, 0.6) is 0 Å². The Labute approximate surface area is 115 Å². The molecule has 2 rings (SSSR count). The van der Waals surface area contributed by atoms with Crippen molar-refractivity contribution in [2.24, 2.45) is 0 Å². The second-order valence-corrected chi connectivity index (χ2v) is 5.24. The third-order valence-corrected chi connectivity index (χ3v) is 3.60. The lowest BCUT2D eigenvalue weighted by Gasteiger charge is -2.06. The molecular formula is C15H14O3S. The van der Waals surface area contributed by atoms with E-state index in [0.29, 0.717) is 10.4 Å². The zero-order valence-corrected chi connectivity index (χ0v) is 11.6. The molecule has 0 aliphatic heterocycles. The van der Waals surface area contributed by atoms with Crippen molar-refractivity contribution in [3.8, 4) is 0 Å². The number of rotatable bonds is 4. The molecule has 1 aromatic heterocycles. The molecule has 0 spiro atoms. The van der Waals surface area contributed by atoms with E-state index in [0.717, 1.165) is 11.1 Å². The van der Waals surface area contributed by atoms with E-state index in [-0.39, 0.29) is 12.4 Å². The lowest BCUT2D eigenvalue weighted by atomic mass is 10.0. The van der Waals surface area contributed by atoms with Crippen LogP contribution in [-0.2, 0) is 4.74 Å². The van der Waals surface area contributed by atoms with Gasteiger partial charge >= 0.3 is 5.97 Å². The Balaban J connectivity index is 2.02. The first-order chi connectivity index (χ1) is 9.08. The van der Waals surface area contributed by atoms with E-state index < -0.39 is 5.97 Å². The van der Waals surface area contributed by atoms with Crippen LogP contribution in [0.25, 0.3) is 0 Å². The number of thiophene rings is 1. The van der Waals surface area contributed by atoms with Crippen LogP contribution >= 0.6 is 11.3 Å². The fraction of sp³-hybridized carbons (Fsp3) is 0.200. The molecule has 3 nitrogen and oxygen atoms in total.